The van der Waals surface area contributed by atoms with E-state index >= 15 is 0 Å². The van der Waals surface area contributed by atoms with Crippen LogP contribution < -0.4 is 10.6 Å². The number of benzene rings is 1. The molecule has 0 bridgehead atoms. The van der Waals surface area contributed by atoms with Crippen LogP contribution >= 0.6 is 11.6 Å². The largest absolute Gasteiger partial charge is 0.338 e. The first-order valence-corrected chi connectivity index (χ1v) is 8.50. The van der Waals surface area contributed by atoms with Gasteiger partial charge < -0.3 is 10.6 Å². The van der Waals surface area contributed by atoms with Crippen molar-refractivity contribution in [3.05, 3.63) is 59.4 Å². The lowest BCUT2D eigenvalue weighted by Gasteiger charge is -2.16. The molecule has 0 saturated carbocycles. The smallest absolute Gasteiger partial charge is 0.319 e. The molecule has 5 nitrogen and oxygen atoms in total. The maximum Gasteiger partial charge on any atom is 0.319 e. The van der Waals surface area contributed by atoms with E-state index in [0.29, 0.717) is 23.2 Å². The fourth-order valence-electron chi connectivity index (χ4n) is 2.91. The lowest BCUT2D eigenvalue weighted by Crippen LogP contribution is -2.34. The van der Waals surface area contributed by atoms with Gasteiger partial charge in [0.1, 0.15) is 0 Å². The van der Waals surface area contributed by atoms with E-state index in [0.717, 1.165) is 31.7 Å². The van der Waals surface area contributed by atoms with Crippen LogP contribution in [-0.2, 0) is 6.54 Å². The van der Waals surface area contributed by atoms with Gasteiger partial charge in [0.15, 0.2) is 0 Å². The number of carbonyl (C=O) groups excluding carboxylic acids is 1. The second-order valence-electron chi connectivity index (χ2n) is 6.03. The summed E-state index contributed by atoms with van der Waals surface area (Å²) in [6.45, 7) is 3.54. The van der Waals surface area contributed by atoms with Crippen molar-refractivity contribution in [2.45, 2.75) is 13.0 Å². The van der Waals surface area contributed by atoms with E-state index in [1.165, 1.54) is 0 Å². The van der Waals surface area contributed by atoms with Crippen LogP contribution in [0.4, 0.5) is 10.5 Å². The van der Waals surface area contributed by atoms with E-state index < -0.39 is 0 Å². The molecule has 0 radical (unpaired) electrons. The number of rotatable bonds is 5. The molecule has 2 amide bonds. The Morgan fingerprint density at radius 1 is 1.25 bits per heavy atom. The van der Waals surface area contributed by atoms with Gasteiger partial charge in [0.25, 0.3) is 0 Å². The van der Waals surface area contributed by atoms with Crippen LogP contribution in [0.15, 0.2) is 48.7 Å². The molecule has 1 fully saturated rings. The summed E-state index contributed by atoms with van der Waals surface area (Å²) in [7, 11) is 0. The van der Waals surface area contributed by atoms with Crippen molar-refractivity contribution in [3.8, 4) is 0 Å². The number of halogens is 1. The number of urea groups is 1. The van der Waals surface area contributed by atoms with Crippen LogP contribution in [0.25, 0.3) is 0 Å². The lowest BCUT2D eigenvalue weighted by atomic mass is 10.1. The molecular formula is C18H21ClN4O. The highest BCUT2D eigenvalue weighted by Gasteiger charge is 2.23. The highest BCUT2D eigenvalue weighted by atomic mass is 35.5. The number of hydrogen-bond donors (Lipinski definition) is 2. The monoisotopic (exact) mass is 344 g/mol. The molecule has 1 unspecified atom stereocenters. The fraction of sp³-hybridized carbons (Fsp3) is 0.333. The van der Waals surface area contributed by atoms with Gasteiger partial charge in [0.2, 0.25) is 0 Å². The molecule has 1 aromatic heterocycles. The first kappa shape index (κ1) is 16.7. The third-order valence-electron chi connectivity index (χ3n) is 4.16. The molecule has 1 aromatic carbocycles. The quantitative estimate of drug-likeness (QED) is 0.874. The third-order valence-corrected chi connectivity index (χ3v) is 4.48. The van der Waals surface area contributed by atoms with E-state index in [1.807, 2.05) is 36.5 Å². The van der Waals surface area contributed by atoms with Gasteiger partial charge in [-0.05, 0) is 43.1 Å². The summed E-state index contributed by atoms with van der Waals surface area (Å²) in [5.74, 6) is 0.464. The van der Waals surface area contributed by atoms with Gasteiger partial charge in [-0.15, -0.1) is 0 Å². The summed E-state index contributed by atoms with van der Waals surface area (Å²) in [5.41, 5.74) is 1.71. The second kappa shape index (κ2) is 8.13. The summed E-state index contributed by atoms with van der Waals surface area (Å²) in [4.78, 5) is 18.7. The SMILES string of the molecule is O=C(NCC1CCN(Cc2ccccn2)C1)Nc1ccccc1Cl. The van der Waals surface area contributed by atoms with Crippen molar-refractivity contribution in [3.63, 3.8) is 0 Å². The minimum absolute atomic E-state index is 0.216. The number of carbonyl (C=O) groups is 1. The Morgan fingerprint density at radius 3 is 2.88 bits per heavy atom. The minimum Gasteiger partial charge on any atom is -0.338 e. The molecule has 1 saturated heterocycles. The van der Waals surface area contributed by atoms with E-state index in [-0.39, 0.29) is 6.03 Å². The molecular weight excluding hydrogens is 324 g/mol. The van der Waals surface area contributed by atoms with Crippen molar-refractivity contribution in [2.24, 2.45) is 5.92 Å². The molecule has 1 aliphatic rings. The topological polar surface area (TPSA) is 57.3 Å². The number of aromatic nitrogens is 1. The second-order valence-corrected chi connectivity index (χ2v) is 6.43. The fourth-order valence-corrected chi connectivity index (χ4v) is 3.09. The summed E-state index contributed by atoms with van der Waals surface area (Å²) in [6, 6.07) is 13.0. The van der Waals surface area contributed by atoms with Crippen molar-refractivity contribution in [1.29, 1.82) is 0 Å². The Morgan fingerprint density at radius 2 is 2.08 bits per heavy atom. The number of likely N-dealkylation sites (tertiary alicyclic amines) is 1. The molecule has 2 heterocycles. The lowest BCUT2D eigenvalue weighted by molar-refractivity contribution is 0.249. The standard InChI is InChI=1S/C18H21ClN4O/c19-16-6-1-2-7-17(16)22-18(24)21-11-14-8-10-23(12-14)13-15-5-3-4-9-20-15/h1-7,9,14H,8,10-13H2,(H2,21,22,24). The summed E-state index contributed by atoms with van der Waals surface area (Å²) >= 11 is 6.04. The number of pyridine rings is 1. The predicted octanol–water partition coefficient (Wildman–Crippen LogP) is 3.38. The first-order valence-electron chi connectivity index (χ1n) is 8.12. The van der Waals surface area contributed by atoms with Crippen LogP contribution in [-0.4, -0.2) is 35.5 Å². The Balaban J connectivity index is 1.41. The van der Waals surface area contributed by atoms with Gasteiger partial charge >= 0.3 is 6.03 Å². The highest BCUT2D eigenvalue weighted by Crippen LogP contribution is 2.20. The van der Waals surface area contributed by atoms with Crippen molar-refractivity contribution in [2.75, 3.05) is 25.0 Å². The van der Waals surface area contributed by atoms with Gasteiger partial charge in [-0.1, -0.05) is 29.8 Å². The van der Waals surface area contributed by atoms with Crippen molar-refractivity contribution >= 4 is 23.3 Å². The Kier molecular flexibility index (Phi) is 5.67. The zero-order valence-electron chi connectivity index (χ0n) is 13.4. The average molecular weight is 345 g/mol. The average Bonchev–Trinajstić information content (AvgIpc) is 3.03. The molecule has 1 atom stereocenters. The van der Waals surface area contributed by atoms with Crippen molar-refractivity contribution < 1.29 is 4.79 Å². The molecule has 2 aromatic rings. The van der Waals surface area contributed by atoms with Crippen LogP contribution in [0.5, 0.6) is 0 Å². The maximum absolute atomic E-state index is 12.0. The molecule has 6 heteroatoms. The Bertz CT molecular complexity index is 680. The van der Waals surface area contributed by atoms with Crippen molar-refractivity contribution in [1.82, 2.24) is 15.2 Å². The normalized spacial score (nSPS) is 17.6. The molecule has 0 spiro atoms. The van der Waals surface area contributed by atoms with Gasteiger partial charge in [0.05, 0.1) is 16.4 Å². The molecule has 126 valence electrons. The number of nitrogens with zero attached hydrogens (tertiary/aromatic N) is 2. The van der Waals surface area contributed by atoms with Gasteiger partial charge in [-0.25, -0.2) is 4.79 Å². The van der Waals surface area contributed by atoms with E-state index in [1.54, 1.807) is 12.1 Å². The Labute approximate surface area is 147 Å². The third kappa shape index (κ3) is 4.69. The Hall–Kier alpha value is -2.11. The highest BCUT2D eigenvalue weighted by molar-refractivity contribution is 6.33. The zero-order chi connectivity index (χ0) is 16.8. The van der Waals surface area contributed by atoms with Gasteiger partial charge in [0, 0.05) is 25.8 Å². The van der Waals surface area contributed by atoms with Crippen LogP contribution in [0, 0.1) is 5.92 Å². The summed E-state index contributed by atoms with van der Waals surface area (Å²) < 4.78 is 0. The minimum atomic E-state index is -0.216. The molecule has 2 N–H and O–H groups in total. The number of anilines is 1. The number of amides is 2. The number of hydrogen-bond acceptors (Lipinski definition) is 3. The van der Waals surface area contributed by atoms with Crippen LogP contribution in [0.2, 0.25) is 5.02 Å². The van der Waals surface area contributed by atoms with Crippen LogP contribution in [0.1, 0.15) is 12.1 Å². The van der Waals surface area contributed by atoms with Gasteiger partial charge in [-0.2, -0.15) is 0 Å². The van der Waals surface area contributed by atoms with E-state index in [9.17, 15) is 4.79 Å². The predicted molar refractivity (Wildman–Crippen MR) is 96.1 cm³/mol. The summed E-state index contributed by atoms with van der Waals surface area (Å²) in [5, 5.41) is 6.25. The first-order chi connectivity index (χ1) is 11.7. The summed E-state index contributed by atoms with van der Waals surface area (Å²) in [6.07, 6.45) is 2.91. The number of nitrogens with one attached hydrogen (secondary N) is 2. The number of para-hydroxylation sites is 1. The van der Waals surface area contributed by atoms with Crippen LogP contribution in [0.3, 0.4) is 0 Å². The van der Waals surface area contributed by atoms with E-state index in [4.69, 9.17) is 11.6 Å². The molecule has 1 aliphatic heterocycles. The van der Waals surface area contributed by atoms with Gasteiger partial charge in [-0.3, -0.25) is 9.88 Å². The molecule has 3 rings (SSSR count). The molecule has 0 aliphatic carbocycles. The van der Waals surface area contributed by atoms with E-state index in [2.05, 4.69) is 20.5 Å². The molecule has 24 heavy (non-hydrogen) atoms. The maximum atomic E-state index is 12.0. The zero-order valence-corrected chi connectivity index (χ0v) is 14.2.